The van der Waals surface area contributed by atoms with Crippen LogP contribution in [0.4, 0.5) is 16.4 Å². The monoisotopic (exact) mass is 544 g/mol. The van der Waals surface area contributed by atoms with Crippen molar-refractivity contribution in [1.82, 2.24) is 24.8 Å². The first-order valence-electron chi connectivity index (χ1n) is 13.5. The van der Waals surface area contributed by atoms with Gasteiger partial charge in [-0.25, -0.2) is 9.78 Å². The number of H-pyrrole nitrogens is 1. The molecule has 40 heavy (non-hydrogen) atoms. The Morgan fingerprint density at radius 2 is 1.85 bits per heavy atom. The van der Waals surface area contributed by atoms with E-state index in [0.717, 1.165) is 47.7 Å². The van der Waals surface area contributed by atoms with Crippen LogP contribution >= 0.6 is 0 Å². The van der Waals surface area contributed by atoms with Crippen LogP contribution in [-0.4, -0.2) is 75.8 Å². The van der Waals surface area contributed by atoms with Crippen LogP contribution < -0.4 is 14.8 Å². The molecule has 0 spiro atoms. The van der Waals surface area contributed by atoms with Crippen molar-refractivity contribution in [3.63, 3.8) is 0 Å². The normalized spacial score (nSPS) is 14.2. The van der Waals surface area contributed by atoms with E-state index in [4.69, 9.17) is 14.2 Å². The Labute approximate surface area is 234 Å². The second-order valence-corrected chi connectivity index (χ2v) is 10.8. The lowest BCUT2D eigenvalue weighted by molar-refractivity contribution is 0.0137. The summed E-state index contributed by atoms with van der Waals surface area (Å²) < 4.78 is 17.5. The Hall–Kier alpha value is -4.31. The maximum Gasteiger partial charge on any atom is 0.410 e. The first-order valence-corrected chi connectivity index (χ1v) is 13.5. The van der Waals surface area contributed by atoms with Crippen LogP contribution in [0.2, 0.25) is 0 Å². The molecule has 1 saturated heterocycles. The first kappa shape index (κ1) is 27.3. The van der Waals surface area contributed by atoms with Gasteiger partial charge in [-0.1, -0.05) is 6.07 Å². The Morgan fingerprint density at radius 3 is 2.65 bits per heavy atom. The summed E-state index contributed by atoms with van der Waals surface area (Å²) in [6, 6.07) is 17.4. The third kappa shape index (κ3) is 7.41. The predicted molar refractivity (Wildman–Crippen MR) is 155 cm³/mol. The number of anilines is 2. The number of carbonyl (C=O) groups excluding carboxylic acids is 1. The Morgan fingerprint density at radius 1 is 1.02 bits per heavy atom. The van der Waals surface area contributed by atoms with Crippen LogP contribution in [0.1, 0.15) is 26.5 Å². The van der Waals surface area contributed by atoms with Gasteiger partial charge in [-0.15, -0.1) is 0 Å². The highest BCUT2D eigenvalue weighted by Gasteiger charge is 2.25. The zero-order valence-electron chi connectivity index (χ0n) is 23.4. The fourth-order valence-corrected chi connectivity index (χ4v) is 4.47. The minimum atomic E-state index is -0.480. The number of piperazine rings is 1. The van der Waals surface area contributed by atoms with Crippen LogP contribution in [0.25, 0.3) is 10.9 Å². The van der Waals surface area contributed by atoms with Crippen molar-refractivity contribution in [3.8, 4) is 17.4 Å². The lowest BCUT2D eigenvalue weighted by atomic mass is 10.2. The van der Waals surface area contributed by atoms with Gasteiger partial charge in [0.15, 0.2) is 0 Å². The fraction of sp³-hybridized carbons (Fsp3) is 0.367. The van der Waals surface area contributed by atoms with E-state index in [9.17, 15) is 4.79 Å². The van der Waals surface area contributed by atoms with E-state index in [1.54, 1.807) is 17.2 Å². The van der Waals surface area contributed by atoms with E-state index in [1.165, 1.54) is 0 Å². The van der Waals surface area contributed by atoms with Crippen LogP contribution in [0.5, 0.6) is 17.4 Å². The highest BCUT2D eigenvalue weighted by molar-refractivity contribution is 5.81. The molecule has 4 aromatic rings. The second-order valence-electron chi connectivity index (χ2n) is 10.8. The number of aromatic nitrogens is 3. The van der Waals surface area contributed by atoms with Crippen molar-refractivity contribution in [2.24, 2.45) is 0 Å². The van der Waals surface area contributed by atoms with E-state index >= 15 is 0 Å². The first-order chi connectivity index (χ1) is 19.2. The molecule has 0 bridgehead atoms. The summed E-state index contributed by atoms with van der Waals surface area (Å²) >= 11 is 0. The molecule has 1 aliphatic rings. The van der Waals surface area contributed by atoms with Crippen LogP contribution in [0.3, 0.4) is 0 Å². The maximum atomic E-state index is 12.3. The van der Waals surface area contributed by atoms with E-state index in [2.05, 4.69) is 31.2 Å². The second kappa shape index (κ2) is 11.8. The number of nitrogens with zero attached hydrogens (tertiary/aromatic N) is 4. The molecule has 5 rings (SSSR count). The molecule has 3 heterocycles. The highest BCUT2D eigenvalue weighted by atomic mass is 16.6. The Kier molecular flexibility index (Phi) is 8.06. The molecule has 2 aromatic heterocycles. The number of aryl methyl sites for hydroxylation is 1. The molecule has 0 unspecified atom stereocenters. The largest absolute Gasteiger partial charge is 0.492 e. The molecular formula is C30H36N6O4. The van der Waals surface area contributed by atoms with Crippen LogP contribution in [0.15, 0.2) is 60.8 Å². The number of benzene rings is 2. The average molecular weight is 545 g/mol. The van der Waals surface area contributed by atoms with Gasteiger partial charge in [0.25, 0.3) is 0 Å². The number of hydrogen-bond donors (Lipinski definition) is 2. The van der Waals surface area contributed by atoms with Crippen molar-refractivity contribution in [2.75, 3.05) is 44.6 Å². The number of aromatic amines is 1. The summed E-state index contributed by atoms with van der Waals surface area (Å²) in [7, 11) is 0. The molecule has 0 saturated carbocycles. The van der Waals surface area contributed by atoms with Crippen molar-refractivity contribution >= 4 is 28.6 Å². The van der Waals surface area contributed by atoms with Crippen molar-refractivity contribution < 1.29 is 19.0 Å². The van der Waals surface area contributed by atoms with Gasteiger partial charge in [-0.3, -0.25) is 4.90 Å². The molecule has 0 aliphatic carbocycles. The molecule has 10 heteroatoms. The smallest absolute Gasteiger partial charge is 0.410 e. The topological polar surface area (TPSA) is 105 Å². The average Bonchev–Trinajstić information content (AvgIpc) is 3.28. The number of amides is 1. The number of rotatable bonds is 8. The third-order valence-electron chi connectivity index (χ3n) is 6.37. The molecule has 1 fully saturated rings. The van der Waals surface area contributed by atoms with Crippen LogP contribution in [0, 0.1) is 6.92 Å². The van der Waals surface area contributed by atoms with Crippen molar-refractivity contribution in [2.45, 2.75) is 33.3 Å². The van der Waals surface area contributed by atoms with Gasteiger partial charge in [0.05, 0.1) is 0 Å². The minimum Gasteiger partial charge on any atom is -0.492 e. The minimum absolute atomic E-state index is 0.248. The van der Waals surface area contributed by atoms with Crippen molar-refractivity contribution in [3.05, 3.63) is 66.5 Å². The number of hydrogen-bond acceptors (Lipinski definition) is 8. The lowest BCUT2D eigenvalue weighted by Crippen LogP contribution is -2.50. The van der Waals surface area contributed by atoms with Gasteiger partial charge in [0, 0.05) is 73.3 Å². The third-order valence-corrected chi connectivity index (χ3v) is 6.37. The maximum absolute atomic E-state index is 12.3. The summed E-state index contributed by atoms with van der Waals surface area (Å²) in [6.07, 6.45) is 1.41. The van der Waals surface area contributed by atoms with Crippen LogP contribution in [-0.2, 0) is 4.74 Å². The number of carbonyl (C=O) groups is 1. The van der Waals surface area contributed by atoms with Gasteiger partial charge >= 0.3 is 6.09 Å². The summed E-state index contributed by atoms with van der Waals surface area (Å²) in [5, 5.41) is 4.31. The van der Waals surface area contributed by atoms with Gasteiger partial charge in [-0.2, -0.15) is 4.98 Å². The zero-order valence-corrected chi connectivity index (χ0v) is 23.4. The van der Waals surface area contributed by atoms with E-state index in [1.807, 2.05) is 70.2 Å². The quantitative estimate of drug-likeness (QED) is 0.290. The SMILES string of the molecule is Cc1cc2cc(Oc3ccnc(Nc4cccc(OCCN5CCN(C(=O)OC(C)(C)C)CC5)c4)n3)ccc2[nH]1. The molecule has 1 amide bonds. The molecule has 2 N–H and O–H groups in total. The van der Waals surface area contributed by atoms with E-state index in [0.29, 0.717) is 37.3 Å². The molecular weight excluding hydrogens is 508 g/mol. The Bertz CT molecular complexity index is 1460. The summed E-state index contributed by atoms with van der Waals surface area (Å²) in [5.74, 6) is 2.33. The fourth-order valence-electron chi connectivity index (χ4n) is 4.47. The van der Waals surface area contributed by atoms with Crippen molar-refractivity contribution in [1.29, 1.82) is 0 Å². The molecule has 2 aromatic carbocycles. The summed E-state index contributed by atoms with van der Waals surface area (Å²) in [5.41, 5.74) is 2.50. The van der Waals surface area contributed by atoms with Gasteiger partial charge in [0.1, 0.15) is 23.7 Å². The highest BCUT2D eigenvalue weighted by Crippen LogP contribution is 2.26. The number of nitrogens with one attached hydrogen (secondary N) is 2. The van der Waals surface area contributed by atoms with Gasteiger partial charge < -0.3 is 29.4 Å². The summed E-state index contributed by atoms with van der Waals surface area (Å²) in [6.45, 7) is 11.9. The van der Waals surface area contributed by atoms with E-state index in [-0.39, 0.29) is 6.09 Å². The molecule has 0 radical (unpaired) electrons. The summed E-state index contributed by atoms with van der Waals surface area (Å²) in [4.78, 5) is 28.5. The molecule has 10 nitrogen and oxygen atoms in total. The number of ether oxygens (including phenoxy) is 3. The van der Waals surface area contributed by atoms with E-state index < -0.39 is 5.60 Å². The standard InChI is InChI=1S/C30H36N6O4/c1-21-18-22-19-25(8-9-26(22)32-21)39-27-10-11-31-28(34-27)33-23-6-5-7-24(20-23)38-17-16-35-12-14-36(15-13-35)29(37)40-30(2,3)4/h5-11,18-20,32H,12-17H2,1-4H3,(H,31,33,34). The zero-order chi connectivity index (χ0) is 28.1. The lowest BCUT2D eigenvalue weighted by Gasteiger charge is -2.35. The molecule has 0 atom stereocenters. The Balaban J connectivity index is 1.10. The molecule has 1 aliphatic heterocycles. The van der Waals surface area contributed by atoms with Gasteiger partial charge in [0.2, 0.25) is 11.8 Å². The molecule has 210 valence electrons. The predicted octanol–water partition coefficient (Wildman–Crippen LogP) is 5.73. The van der Waals surface area contributed by atoms with Gasteiger partial charge in [-0.05, 0) is 64.1 Å². The number of fused-ring (bicyclic) bond motifs is 1.